The Bertz CT molecular complexity index is 245. The second-order valence-corrected chi connectivity index (χ2v) is 2.65. The standard InChI is InChI=1S/C7H11F5O6/c1-3-15-6(14-2,18-12)5(9,16-4-8)17-7(10,11)13/h13H,3-4H2,1-2H3. The Kier molecular flexibility index (Phi) is 6.33. The van der Waals surface area contributed by atoms with Crippen molar-refractivity contribution in [3.8, 4) is 0 Å². The number of halogens is 5. The highest BCUT2D eigenvalue weighted by Crippen LogP contribution is 2.39. The van der Waals surface area contributed by atoms with E-state index in [0.717, 1.165) is 0 Å². The van der Waals surface area contributed by atoms with Crippen LogP contribution < -0.4 is 0 Å². The third-order valence-electron chi connectivity index (χ3n) is 1.56. The minimum atomic E-state index is -5.14. The summed E-state index contributed by atoms with van der Waals surface area (Å²) in [5.74, 6) is -3.61. The molecule has 110 valence electrons. The lowest BCUT2D eigenvalue weighted by Gasteiger charge is -2.37. The van der Waals surface area contributed by atoms with Crippen molar-refractivity contribution in [2.75, 3.05) is 20.6 Å². The average molecular weight is 286 g/mol. The summed E-state index contributed by atoms with van der Waals surface area (Å²) >= 11 is 0. The number of alkyl halides is 4. The predicted molar refractivity (Wildman–Crippen MR) is 42.7 cm³/mol. The van der Waals surface area contributed by atoms with E-state index in [-0.39, 0.29) is 0 Å². The summed E-state index contributed by atoms with van der Waals surface area (Å²) in [5.41, 5.74) is 0. The maximum atomic E-state index is 13.9. The molecule has 2 unspecified atom stereocenters. The highest BCUT2D eigenvalue weighted by molar-refractivity contribution is 4.71. The second kappa shape index (κ2) is 6.54. The van der Waals surface area contributed by atoms with Crippen LogP contribution in [0, 0.1) is 0 Å². The van der Waals surface area contributed by atoms with Crippen molar-refractivity contribution in [1.29, 1.82) is 0 Å². The first-order chi connectivity index (χ1) is 8.20. The highest BCUT2D eigenvalue weighted by Gasteiger charge is 2.66. The first-order valence-corrected chi connectivity index (χ1v) is 4.38. The van der Waals surface area contributed by atoms with E-state index in [1.54, 1.807) is 0 Å². The van der Waals surface area contributed by atoms with Crippen LogP contribution in [0.5, 0.6) is 0 Å². The highest BCUT2D eigenvalue weighted by atomic mass is 19.3. The van der Waals surface area contributed by atoms with E-state index in [0.29, 0.717) is 7.11 Å². The van der Waals surface area contributed by atoms with Gasteiger partial charge in [-0.05, 0) is 11.4 Å². The van der Waals surface area contributed by atoms with Crippen molar-refractivity contribution in [2.45, 2.75) is 25.2 Å². The summed E-state index contributed by atoms with van der Waals surface area (Å²) in [4.78, 5) is 2.91. The maximum Gasteiger partial charge on any atom is 0.487 e. The molecule has 0 bridgehead atoms. The summed E-state index contributed by atoms with van der Waals surface area (Å²) < 4.78 is 77.3. The summed E-state index contributed by atoms with van der Waals surface area (Å²) in [7, 11) is 0.573. The molecule has 0 aliphatic heterocycles. The molecule has 0 saturated carbocycles. The smallest absolute Gasteiger partial charge is 0.322 e. The van der Waals surface area contributed by atoms with Crippen molar-refractivity contribution in [3.63, 3.8) is 0 Å². The van der Waals surface area contributed by atoms with Crippen LogP contribution in [0.25, 0.3) is 0 Å². The van der Waals surface area contributed by atoms with Gasteiger partial charge in [-0.3, -0.25) is 4.74 Å². The molecule has 0 aliphatic carbocycles. The fourth-order valence-electron chi connectivity index (χ4n) is 0.965. The fraction of sp³-hybridized carbons (Fsp3) is 1.00. The molecular weight excluding hydrogens is 275 g/mol. The van der Waals surface area contributed by atoms with E-state index >= 15 is 0 Å². The van der Waals surface area contributed by atoms with E-state index in [1.807, 2.05) is 0 Å². The Morgan fingerprint density at radius 3 is 2.00 bits per heavy atom. The summed E-state index contributed by atoms with van der Waals surface area (Å²) in [6, 6.07) is -4.42. The molecule has 0 fully saturated rings. The minimum Gasteiger partial charge on any atom is -0.322 e. The molecule has 0 aromatic carbocycles. The van der Waals surface area contributed by atoms with Gasteiger partial charge in [-0.1, -0.05) is 0 Å². The summed E-state index contributed by atoms with van der Waals surface area (Å²) in [6.45, 7) is -1.37. The monoisotopic (exact) mass is 286 g/mol. The minimum absolute atomic E-state index is 0.514. The molecule has 1 N–H and O–H groups in total. The Balaban J connectivity index is 5.36. The van der Waals surface area contributed by atoms with Gasteiger partial charge in [-0.2, -0.15) is 4.39 Å². The molecule has 0 radical (unpaired) electrons. The van der Waals surface area contributed by atoms with E-state index in [4.69, 9.17) is 5.11 Å². The van der Waals surface area contributed by atoms with Crippen LogP contribution in [0.15, 0.2) is 0 Å². The van der Waals surface area contributed by atoms with E-state index in [1.165, 1.54) is 6.92 Å². The van der Waals surface area contributed by atoms with Gasteiger partial charge in [0.15, 0.2) is 6.86 Å². The molecule has 0 rings (SSSR count). The van der Waals surface area contributed by atoms with E-state index in [9.17, 15) is 22.1 Å². The molecule has 0 amide bonds. The molecule has 0 saturated heterocycles. The van der Waals surface area contributed by atoms with Crippen LogP contribution >= 0.6 is 0 Å². The number of hydrogen-bond donors (Lipinski definition) is 1. The van der Waals surface area contributed by atoms with Gasteiger partial charge in [0.25, 0.3) is 0 Å². The molecular formula is C7H11F5O6. The lowest BCUT2D eigenvalue weighted by molar-refractivity contribution is -0.605. The number of methoxy groups -OCH3 is 1. The number of ether oxygens (including phenoxy) is 4. The zero-order valence-electron chi connectivity index (χ0n) is 9.29. The third-order valence-corrected chi connectivity index (χ3v) is 1.56. The van der Waals surface area contributed by atoms with Crippen molar-refractivity contribution < 1.29 is 51.1 Å². The van der Waals surface area contributed by atoms with Gasteiger partial charge in [-0.25, -0.2) is 9.13 Å². The molecule has 11 heteroatoms. The Hall–Kier alpha value is -0.590. The molecule has 0 spiro atoms. The molecule has 6 nitrogen and oxygen atoms in total. The summed E-state index contributed by atoms with van der Waals surface area (Å²) in [5, 5.41) is 8.02. The molecule has 0 aliphatic rings. The van der Waals surface area contributed by atoms with Crippen LogP contribution in [-0.4, -0.2) is 44.0 Å². The van der Waals surface area contributed by atoms with Crippen LogP contribution in [0.4, 0.5) is 22.1 Å². The Morgan fingerprint density at radius 2 is 1.72 bits per heavy atom. The lowest BCUT2D eigenvalue weighted by Crippen LogP contribution is -2.60. The van der Waals surface area contributed by atoms with Gasteiger partial charge in [0, 0.05) is 7.11 Å². The fourth-order valence-corrected chi connectivity index (χ4v) is 0.965. The van der Waals surface area contributed by atoms with Crippen LogP contribution in [-0.2, 0) is 23.9 Å². The molecule has 0 aromatic rings. The van der Waals surface area contributed by atoms with Gasteiger partial charge in [-0.15, -0.1) is 13.7 Å². The largest absolute Gasteiger partial charge is 0.487 e. The Labute approximate surface area is 98.0 Å². The number of rotatable bonds is 9. The maximum absolute atomic E-state index is 13.9. The number of aliphatic hydroxyl groups is 1. The van der Waals surface area contributed by atoms with Gasteiger partial charge >= 0.3 is 18.3 Å². The van der Waals surface area contributed by atoms with E-state index in [2.05, 4.69) is 23.9 Å². The van der Waals surface area contributed by atoms with Crippen molar-refractivity contribution in [3.05, 3.63) is 0 Å². The molecule has 18 heavy (non-hydrogen) atoms. The van der Waals surface area contributed by atoms with Crippen molar-refractivity contribution >= 4 is 0 Å². The third kappa shape index (κ3) is 3.96. The van der Waals surface area contributed by atoms with E-state index < -0.39 is 31.8 Å². The molecule has 2 atom stereocenters. The molecule has 0 heterocycles. The molecule has 0 aromatic heterocycles. The summed E-state index contributed by atoms with van der Waals surface area (Å²) in [6.07, 6.45) is -5.14. The first-order valence-electron chi connectivity index (χ1n) is 4.38. The zero-order chi connectivity index (χ0) is 14.4. The first kappa shape index (κ1) is 17.4. The van der Waals surface area contributed by atoms with Gasteiger partial charge in [0.05, 0.1) is 6.61 Å². The average Bonchev–Trinajstić information content (AvgIpc) is 2.23. The van der Waals surface area contributed by atoms with Gasteiger partial charge in [0.1, 0.15) is 0 Å². The quantitative estimate of drug-likeness (QED) is 0.510. The normalized spacial score (nSPS) is 19.3. The SMILES string of the molecule is CCOC(OC)(OF)C(F)(OCF)OC(O)(F)F. The predicted octanol–water partition coefficient (Wildman–Crippen LogP) is 1.35. The van der Waals surface area contributed by atoms with Crippen LogP contribution in [0.1, 0.15) is 6.92 Å². The van der Waals surface area contributed by atoms with Gasteiger partial charge in [0.2, 0.25) is 0 Å². The lowest BCUT2D eigenvalue weighted by atomic mass is 10.4. The second-order valence-electron chi connectivity index (χ2n) is 2.65. The zero-order valence-corrected chi connectivity index (χ0v) is 9.29. The van der Waals surface area contributed by atoms with Crippen LogP contribution in [0.2, 0.25) is 0 Å². The van der Waals surface area contributed by atoms with Gasteiger partial charge < -0.3 is 14.6 Å². The topological polar surface area (TPSA) is 66.4 Å². The Morgan fingerprint density at radius 1 is 1.17 bits per heavy atom. The van der Waals surface area contributed by atoms with Crippen molar-refractivity contribution in [1.82, 2.24) is 0 Å². The van der Waals surface area contributed by atoms with Crippen molar-refractivity contribution in [2.24, 2.45) is 0 Å². The number of hydrogen-bond acceptors (Lipinski definition) is 6. The van der Waals surface area contributed by atoms with Crippen LogP contribution in [0.3, 0.4) is 0 Å².